The molecule has 0 aromatic heterocycles. The number of halogens is 4. The van der Waals surface area contributed by atoms with E-state index in [1.165, 1.54) is 0 Å². The van der Waals surface area contributed by atoms with Crippen molar-refractivity contribution in [1.29, 1.82) is 0 Å². The molecule has 3 aliphatic rings. The summed E-state index contributed by atoms with van der Waals surface area (Å²) in [6.45, 7) is 6.56. The highest BCUT2D eigenvalue weighted by atomic mass is 35.5. The highest BCUT2D eigenvalue weighted by Gasteiger charge is 2.37. The number of hydrogen-bond acceptors (Lipinski definition) is 6. The van der Waals surface area contributed by atoms with Gasteiger partial charge in [-0.25, -0.2) is 8.78 Å². The fourth-order valence-electron chi connectivity index (χ4n) is 7.12. The molecule has 3 atom stereocenters. The van der Waals surface area contributed by atoms with E-state index in [0.29, 0.717) is 84.4 Å². The first-order valence-corrected chi connectivity index (χ1v) is 17.9. The Morgan fingerprint density at radius 2 is 1.73 bits per heavy atom. The van der Waals surface area contributed by atoms with Crippen LogP contribution in [0.3, 0.4) is 0 Å². The third-order valence-corrected chi connectivity index (χ3v) is 10.3. The number of piperidine rings is 1. The van der Waals surface area contributed by atoms with Crippen molar-refractivity contribution in [2.75, 3.05) is 39.4 Å². The van der Waals surface area contributed by atoms with Gasteiger partial charge in [0, 0.05) is 62.6 Å². The van der Waals surface area contributed by atoms with Crippen LogP contribution in [-0.2, 0) is 17.8 Å². The van der Waals surface area contributed by atoms with E-state index in [2.05, 4.69) is 10.2 Å². The minimum Gasteiger partial charge on any atom is -0.493 e. The Morgan fingerprint density at radius 1 is 0.938 bits per heavy atom. The molecule has 0 amide bonds. The topological polar surface area (TPSA) is 60.0 Å². The maximum absolute atomic E-state index is 15.8. The molecule has 1 saturated carbocycles. The highest BCUT2D eigenvalue weighted by molar-refractivity contribution is 6.35. The molecule has 0 unspecified atom stereocenters. The van der Waals surface area contributed by atoms with E-state index in [0.717, 1.165) is 66.8 Å². The minimum absolute atomic E-state index is 0.175. The summed E-state index contributed by atoms with van der Waals surface area (Å²) in [5.74, 6) is 2.25. The average molecular weight is 702 g/mol. The molecule has 1 heterocycles. The predicted octanol–water partition coefficient (Wildman–Crippen LogP) is 8.74. The maximum atomic E-state index is 15.8. The standard InChI is InChI=1S/C38H44Cl2F2N2O4/c1-2-46-35-21-36(32(39)19-25(35)23-43-22-24-10-11-27(45)18-24)48-38-30-8-3-6-28(31(30)20-33(38)42)29-7-4-9-34(37(29)40)47-17-5-14-44-15-12-26(41)13-16-44/h3-4,6-9,19,21,24,26,33,38,43H,2,5,10-18,20,22-23H2,1H3/t24-,33-,38+/m0/s1. The fraction of sp³-hybridized carbons (Fsp3) is 0.500. The van der Waals surface area contributed by atoms with Crippen molar-refractivity contribution in [3.05, 3.63) is 75.3 Å². The molecular formula is C38H44Cl2F2N2O4. The van der Waals surface area contributed by atoms with Crippen molar-refractivity contribution < 1.29 is 27.8 Å². The first kappa shape index (κ1) is 34.9. The Balaban J connectivity index is 1.14. The van der Waals surface area contributed by atoms with Gasteiger partial charge in [0.05, 0.1) is 23.3 Å². The SMILES string of the molecule is CCOc1cc(O[C@@H]2c3cccc(-c4cccc(OCCCN5CCC(F)CC5)c4Cl)c3C[C@@H]2F)c(Cl)cc1CNC[C@H]1CCC(=O)C1. The maximum Gasteiger partial charge on any atom is 0.155 e. The Bertz CT molecular complexity index is 1580. The number of benzene rings is 3. The highest BCUT2D eigenvalue weighted by Crippen LogP contribution is 2.46. The lowest BCUT2D eigenvalue weighted by Crippen LogP contribution is -2.35. The summed E-state index contributed by atoms with van der Waals surface area (Å²) >= 11 is 13.6. The lowest BCUT2D eigenvalue weighted by molar-refractivity contribution is -0.117. The number of carbonyl (C=O) groups excluding carboxylic acids is 1. The summed E-state index contributed by atoms with van der Waals surface area (Å²) in [5.41, 5.74) is 4.10. The number of Topliss-reactive ketones (excluding diaryl/α,β-unsaturated/α-hetero) is 1. The Hall–Kier alpha value is -2.91. The largest absolute Gasteiger partial charge is 0.493 e. The van der Waals surface area contributed by atoms with Crippen LogP contribution in [0.2, 0.25) is 10.0 Å². The quantitative estimate of drug-likeness (QED) is 0.170. The molecule has 0 radical (unpaired) electrons. The number of nitrogens with zero attached hydrogens (tertiary/aromatic N) is 1. The molecule has 1 saturated heterocycles. The number of ether oxygens (including phenoxy) is 3. The van der Waals surface area contributed by atoms with E-state index in [9.17, 15) is 9.18 Å². The van der Waals surface area contributed by atoms with Gasteiger partial charge < -0.3 is 24.4 Å². The molecule has 1 N–H and O–H groups in total. The van der Waals surface area contributed by atoms with Crippen LogP contribution in [0.5, 0.6) is 17.2 Å². The summed E-state index contributed by atoms with van der Waals surface area (Å²) in [4.78, 5) is 13.9. The van der Waals surface area contributed by atoms with E-state index in [-0.39, 0.29) is 6.42 Å². The van der Waals surface area contributed by atoms with Crippen molar-refractivity contribution in [2.45, 2.75) is 76.9 Å². The van der Waals surface area contributed by atoms with Gasteiger partial charge in [-0.2, -0.15) is 0 Å². The van der Waals surface area contributed by atoms with Crippen LogP contribution in [-0.4, -0.2) is 62.4 Å². The van der Waals surface area contributed by atoms with Crippen molar-refractivity contribution >= 4 is 29.0 Å². The molecule has 10 heteroatoms. The van der Waals surface area contributed by atoms with Gasteiger partial charge in [-0.05, 0) is 73.9 Å². The summed E-state index contributed by atoms with van der Waals surface area (Å²) in [6.07, 6.45) is 1.57. The number of nitrogens with one attached hydrogen (secondary N) is 1. The molecule has 1 aliphatic heterocycles. The number of ketones is 1. The van der Waals surface area contributed by atoms with Crippen molar-refractivity contribution in [3.8, 4) is 28.4 Å². The first-order valence-electron chi connectivity index (χ1n) is 17.2. The molecule has 2 fully saturated rings. The van der Waals surface area contributed by atoms with Gasteiger partial charge in [0.25, 0.3) is 0 Å². The molecule has 0 spiro atoms. The molecule has 6 rings (SSSR count). The molecule has 2 aliphatic carbocycles. The van der Waals surface area contributed by atoms with Gasteiger partial charge in [-0.15, -0.1) is 0 Å². The zero-order valence-electron chi connectivity index (χ0n) is 27.4. The fourth-order valence-corrected chi connectivity index (χ4v) is 7.63. The Morgan fingerprint density at radius 3 is 2.50 bits per heavy atom. The van der Waals surface area contributed by atoms with Crippen LogP contribution in [0.4, 0.5) is 8.78 Å². The van der Waals surface area contributed by atoms with Crippen LogP contribution in [0, 0.1) is 5.92 Å². The lowest BCUT2D eigenvalue weighted by Gasteiger charge is -2.28. The van der Waals surface area contributed by atoms with Gasteiger partial charge in [0.1, 0.15) is 35.4 Å². The molecule has 48 heavy (non-hydrogen) atoms. The number of carbonyl (C=O) groups is 1. The van der Waals surface area contributed by atoms with Crippen LogP contribution in [0.25, 0.3) is 11.1 Å². The van der Waals surface area contributed by atoms with Gasteiger partial charge in [0.2, 0.25) is 0 Å². The second-order valence-corrected chi connectivity index (χ2v) is 13.9. The van der Waals surface area contributed by atoms with Gasteiger partial charge in [-0.1, -0.05) is 53.5 Å². The predicted molar refractivity (Wildman–Crippen MR) is 186 cm³/mol. The van der Waals surface area contributed by atoms with Crippen LogP contribution in [0.15, 0.2) is 48.5 Å². The second kappa shape index (κ2) is 16.2. The van der Waals surface area contributed by atoms with Gasteiger partial charge in [0.15, 0.2) is 6.10 Å². The third-order valence-electron chi connectivity index (χ3n) is 9.66. The van der Waals surface area contributed by atoms with Gasteiger partial charge >= 0.3 is 0 Å². The van der Waals surface area contributed by atoms with Crippen molar-refractivity contribution in [2.24, 2.45) is 5.92 Å². The van der Waals surface area contributed by atoms with Crippen LogP contribution in [0.1, 0.15) is 68.2 Å². The molecule has 258 valence electrons. The molecular weight excluding hydrogens is 657 g/mol. The average Bonchev–Trinajstić information content (AvgIpc) is 3.64. The zero-order chi connectivity index (χ0) is 33.6. The van der Waals surface area contributed by atoms with Crippen molar-refractivity contribution in [3.63, 3.8) is 0 Å². The molecule has 3 aromatic carbocycles. The van der Waals surface area contributed by atoms with E-state index in [1.54, 1.807) is 6.07 Å². The van der Waals surface area contributed by atoms with Crippen LogP contribution < -0.4 is 19.5 Å². The second-order valence-electron chi connectivity index (χ2n) is 13.1. The number of likely N-dealkylation sites (tertiary alicyclic amines) is 1. The van der Waals surface area contributed by atoms with E-state index >= 15 is 4.39 Å². The summed E-state index contributed by atoms with van der Waals surface area (Å²) in [6, 6.07) is 15.0. The normalized spacial score (nSPS) is 21.4. The molecule has 6 nitrogen and oxygen atoms in total. The Kier molecular flexibility index (Phi) is 11.8. The van der Waals surface area contributed by atoms with Gasteiger partial charge in [-0.3, -0.25) is 4.79 Å². The number of hydrogen-bond donors (Lipinski definition) is 1. The summed E-state index contributed by atoms with van der Waals surface area (Å²) in [7, 11) is 0. The summed E-state index contributed by atoms with van der Waals surface area (Å²) < 4.78 is 47.6. The number of alkyl halides is 2. The minimum atomic E-state index is -1.29. The van der Waals surface area contributed by atoms with Crippen molar-refractivity contribution in [1.82, 2.24) is 10.2 Å². The number of fused-ring (bicyclic) bond motifs is 1. The zero-order valence-corrected chi connectivity index (χ0v) is 28.9. The van der Waals surface area contributed by atoms with E-state index in [1.807, 2.05) is 49.4 Å². The molecule has 3 aromatic rings. The lowest BCUT2D eigenvalue weighted by atomic mass is 9.96. The summed E-state index contributed by atoms with van der Waals surface area (Å²) in [5, 5.41) is 4.30. The first-order chi connectivity index (χ1) is 23.3. The monoisotopic (exact) mass is 700 g/mol. The van der Waals surface area contributed by atoms with E-state index < -0.39 is 18.4 Å². The Labute approximate surface area is 292 Å². The molecule has 0 bridgehead atoms. The van der Waals surface area contributed by atoms with Crippen LogP contribution >= 0.6 is 23.2 Å². The van der Waals surface area contributed by atoms with E-state index in [4.69, 9.17) is 37.4 Å². The number of rotatable bonds is 14. The third kappa shape index (κ3) is 8.27. The smallest absolute Gasteiger partial charge is 0.155 e.